The number of nitrogen functional groups attached to an aromatic ring is 1. The minimum absolute atomic E-state index is 0.115. The Morgan fingerprint density at radius 3 is 2.76 bits per heavy atom. The second-order valence-corrected chi connectivity index (χ2v) is 9.27. The van der Waals surface area contributed by atoms with Crippen LogP contribution in [0, 0.1) is 6.92 Å². The lowest BCUT2D eigenvalue weighted by Gasteiger charge is -2.31. The number of pyridine rings is 2. The van der Waals surface area contributed by atoms with Gasteiger partial charge in [0, 0.05) is 28.7 Å². The number of cyclic esters (lactones) is 1. The van der Waals surface area contributed by atoms with Crippen LogP contribution < -0.4 is 16.6 Å². The second-order valence-electron chi connectivity index (χ2n) is 9.27. The summed E-state index contributed by atoms with van der Waals surface area (Å²) in [5.41, 5.74) is 10.4. The van der Waals surface area contributed by atoms with Crippen LogP contribution >= 0.6 is 0 Å². The van der Waals surface area contributed by atoms with Gasteiger partial charge in [0.15, 0.2) is 5.60 Å². The molecule has 3 aromatic rings. The summed E-state index contributed by atoms with van der Waals surface area (Å²) in [5, 5.41) is 15.5. The number of benzene rings is 1. The van der Waals surface area contributed by atoms with Crippen molar-refractivity contribution in [2.75, 3.05) is 17.6 Å². The number of aryl methyl sites for hydroxylation is 1. The van der Waals surface area contributed by atoms with Crippen LogP contribution in [0.25, 0.3) is 22.3 Å². The molecule has 4 N–H and O–H groups in total. The van der Waals surface area contributed by atoms with Crippen molar-refractivity contribution in [3.8, 4) is 11.4 Å². The Morgan fingerprint density at radius 2 is 2.03 bits per heavy atom. The van der Waals surface area contributed by atoms with Gasteiger partial charge in [-0.15, -0.1) is 0 Å². The topological polar surface area (TPSA) is 119 Å². The van der Waals surface area contributed by atoms with Gasteiger partial charge in [-0.2, -0.15) is 0 Å². The van der Waals surface area contributed by atoms with Gasteiger partial charge in [0.05, 0.1) is 34.7 Å². The minimum Gasteiger partial charge on any atom is -0.458 e. The molecule has 178 valence electrons. The summed E-state index contributed by atoms with van der Waals surface area (Å²) < 4.78 is 6.80. The molecule has 0 spiro atoms. The summed E-state index contributed by atoms with van der Waals surface area (Å²) in [5.74, 6) is -0.721. The third-order valence-corrected chi connectivity index (χ3v) is 7.20. The van der Waals surface area contributed by atoms with Crippen molar-refractivity contribution in [3.63, 3.8) is 0 Å². The molecule has 0 radical (unpaired) electrons. The van der Waals surface area contributed by atoms with Crippen LogP contribution in [0.4, 0.5) is 11.4 Å². The molecule has 2 aliphatic heterocycles. The number of carbonyl (C=O) groups excluding carboxylic acids is 1. The van der Waals surface area contributed by atoms with Gasteiger partial charge in [-0.1, -0.05) is 26.7 Å². The molecule has 0 aliphatic carbocycles. The Labute approximate surface area is 197 Å². The molecule has 34 heavy (non-hydrogen) atoms. The highest BCUT2D eigenvalue weighted by molar-refractivity contribution is 5.98. The van der Waals surface area contributed by atoms with Crippen LogP contribution in [-0.4, -0.2) is 27.2 Å². The summed E-state index contributed by atoms with van der Waals surface area (Å²) in [4.78, 5) is 30.8. The smallest absolute Gasteiger partial charge is 0.343 e. The Morgan fingerprint density at radius 1 is 1.24 bits per heavy atom. The number of carbonyl (C=O) groups is 1. The first-order chi connectivity index (χ1) is 16.3. The van der Waals surface area contributed by atoms with Crippen molar-refractivity contribution in [1.29, 1.82) is 0 Å². The van der Waals surface area contributed by atoms with Crippen LogP contribution in [-0.2, 0) is 28.3 Å². The van der Waals surface area contributed by atoms with Gasteiger partial charge in [-0.25, -0.2) is 9.78 Å². The first kappa shape index (κ1) is 22.4. The third-order valence-electron chi connectivity index (χ3n) is 7.20. The van der Waals surface area contributed by atoms with Crippen LogP contribution in [0.15, 0.2) is 23.0 Å². The predicted molar refractivity (Wildman–Crippen MR) is 132 cm³/mol. The highest BCUT2D eigenvalue weighted by Crippen LogP contribution is 2.40. The molecule has 0 amide bonds. The molecule has 1 aromatic carbocycles. The van der Waals surface area contributed by atoms with E-state index in [1.807, 2.05) is 13.0 Å². The monoisotopic (exact) mass is 462 g/mol. The van der Waals surface area contributed by atoms with E-state index in [2.05, 4.69) is 18.3 Å². The van der Waals surface area contributed by atoms with Gasteiger partial charge in [-0.3, -0.25) is 4.79 Å². The van der Waals surface area contributed by atoms with Gasteiger partial charge in [0.25, 0.3) is 5.56 Å². The van der Waals surface area contributed by atoms with E-state index in [1.165, 1.54) is 0 Å². The number of nitrogens with zero attached hydrogens (tertiary/aromatic N) is 2. The summed E-state index contributed by atoms with van der Waals surface area (Å²) in [6.07, 6.45) is 3.44. The van der Waals surface area contributed by atoms with Crippen LogP contribution in [0.2, 0.25) is 0 Å². The summed E-state index contributed by atoms with van der Waals surface area (Å²) in [7, 11) is 0. The van der Waals surface area contributed by atoms with Crippen LogP contribution in [0.5, 0.6) is 0 Å². The van der Waals surface area contributed by atoms with Gasteiger partial charge in [0.2, 0.25) is 0 Å². The fourth-order valence-electron chi connectivity index (χ4n) is 5.03. The average Bonchev–Trinajstić information content (AvgIpc) is 3.19. The minimum atomic E-state index is -1.83. The number of nitrogens with two attached hydrogens (primary N) is 1. The normalized spacial score (nSPS) is 18.4. The zero-order valence-corrected chi connectivity index (χ0v) is 19.8. The number of aliphatic hydroxyl groups is 1. The number of rotatable bonds is 6. The molecule has 2 aromatic heterocycles. The maximum Gasteiger partial charge on any atom is 0.343 e. The Balaban J connectivity index is 1.69. The van der Waals surface area contributed by atoms with Crippen molar-refractivity contribution < 1.29 is 14.6 Å². The number of hydrogen-bond donors (Lipinski definition) is 3. The molecule has 0 saturated heterocycles. The highest BCUT2D eigenvalue weighted by Gasteiger charge is 2.45. The van der Waals surface area contributed by atoms with Crippen molar-refractivity contribution in [3.05, 3.63) is 50.8 Å². The van der Waals surface area contributed by atoms with Crippen molar-refractivity contribution in [2.24, 2.45) is 0 Å². The third kappa shape index (κ3) is 3.20. The molecule has 0 unspecified atom stereocenters. The Bertz CT molecular complexity index is 1390. The molecule has 4 heterocycles. The molecule has 2 aliphatic rings. The summed E-state index contributed by atoms with van der Waals surface area (Å²) in [6.45, 7) is 6.89. The lowest BCUT2D eigenvalue weighted by atomic mass is 9.86. The van der Waals surface area contributed by atoms with E-state index in [-0.39, 0.29) is 18.6 Å². The molecule has 8 nitrogen and oxygen atoms in total. The first-order valence-electron chi connectivity index (χ1n) is 11.9. The highest BCUT2D eigenvalue weighted by atomic mass is 16.6. The Hall–Kier alpha value is -3.39. The molecule has 0 bridgehead atoms. The largest absolute Gasteiger partial charge is 0.458 e. The second kappa shape index (κ2) is 8.13. The van der Waals surface area contributed by atoms with E-state index in [1.54, 1.807) is 17.6 Å². The SMILES string of the molecule is CCCCCNc1cc(N)c(C)c2cc3c(nc12)-c1cc2c(c(=O)n1C3)COC(=O)[C@]2(O)CC. The van der Waals surface area contributed by atoms with Crippen molar-refractivity contribution in [1.82, 2.24) is 9.55 Å². The van der Waals surface area contributed by atoms with Crippen LogP contribution in [0.1, 0.15) is 61.8 Å². The Kier molecular flexibility index (Phi) is 5.36. The van der Waals surface area contributed by atoms with E-state index >= 15 is 0 Å². The molecule has 0 saturated carbocycles. The fourth-order valence-corrected chi connectivity index (χ4v) is 5.03. The van der Waals surface area contributed by atoms with E-state index in [0.717, 1.165) is 53.5 Å². The summed E-state index contributed by atoms with van der Waals surface area (Å²) in [6, 6.07) is 5.72. The van der Waals surface area contributed by atoms with E-state index in [9.17, 15) is 14.7 Å². The number of anilines is 2. The number of esters is 1. The molecular weight excluding hydrogens is 432 g/mol. The first-order valence-corrected chi connectivity index (χ1v) is 11.9. The zero-order valence-electron chi connectivity index (χ0n) is 19.8. The number of hydrogen-bond acceptors (Lipinski definition) is 7. The van der Waals surface area contributed by atoms with Crippen LogP contribution in [0.3, 0.4) is 0 Å². The quantitative estimate of drug-likeness (QED) is 0.228. The lowest BCUT2D eigenvalue weighted by molar-refractivity contribution is -0.172. The van der Waals surface area contributed by atoms with E-state index < -0.39 is 11.6 Å². The maximum atomic E-state index is 13.4. The average molecular weight is 463 g/mol. The van der Waals surface area contributed by atoms with E-state index in [4.69, 9.17) is 15.5 Å². The van der Waals surface area contributed by atoms with E-state index in [0.29, 0.717) is 34.7 Å². The van der Waals surface area contributed by atoms with Crippen molar-refractivity contribution >= 4 is 28.2 Å². The molecule has 1 atom stereocenters. The maximum absolute atomic E-state index is 13.4. The standard InChI is InChI=1S/C26H30N4O4/c1-4-6-7-8-28-20-11-19(27)14(3)16-9-15-12-30-21(22(15)29-23(16)20)10-18-17(24(30)31)13-34-25(32)26(18,33)5-2/h9-11,28,33H,4-8,12-13,27H2,1-3H3/t26-/m0/s1. The molecule has 5 rings (SSSR count). The molecule has 0 fully saturated rings. The van der Waals surface area contributed by atoms with Gasteiger partial charge >= 0.3 is 5.97 Å². The molecule has 8 heteroatoms. The fraction of sp³-hybridized carbons (Fsp3) is 0.423. The summed E-state index contributed by atoms with van der Waals surface area (Å²) >= 11 is 0. The predicted octanol–water partition coefficient (Wildman–Crippen LogP) is 3.57. The number of fused-ring (bicyclic) bond motifs is 5. The zero-order chi connectivity index (χ0) is 24.2. The number of unbranched alkanes of at least 4 members (excludes halogenated alkanes) is 2. The van der Waals surface area contributed by atoms with Gasteiger partial charge in [0.1, 0.15) is 6.61 Å². The van der Waals surface area contributed by atoms with Gasteiger partial charge < -0.3 is 25.5 Å². The lowest BCUT2D eigenvalue weighted by Crippen LogP contribution is -2.44. The van der Waals surface area contributed by atoms with Gasteiger partial charge in [-0.05, 0) is 43.5 Å². The number of nitrogens with one attached hydrogen (secondary N) is 1. The number of ether oxygens (including phenoxy) is 1. The number of aromatic nitrogens is 2. The van der Waals surface area contributed by atoms with Crippen molar-refractivity contribution in [2.45, 2.75) is 65.2 Å². The molecular formula is C26H30N4O4.